The van der Waals surface area contributed by atoms with Crippen molar-refractivity contribution in [3.05, 3.63) is 48.3 Å². The van der Waals surface area contributed by atoms with Gasteiger partial charge in [-0.3, -0.25) is 4.79 Å². The van der Waals surface area contributed by atoms with E-state index in [1.807, 2.05) is 37.4 Å². The molecule has 2 aromatic carbocycles. The van der Waals surface area contributed by atoms with Gasteiger partial charge in [-0.2, -0.15) is 0 Å². The molecule has 0 saturated carbocycles. The van der Waals surface area contributed by atoms with E-state index in [2.05, 4.69) is 15.5 Å². The van der Waals surface area contributed by atoms with Crippen LogP contribution in [0.3, 0.4) is 0 Å². The minimum Gasteiger partial charge on any atom is -0.494 e. The number of fused-ring (bicyclic) bond motifs is 1. The number of methoxy groups -OCH3 is 1. The summed E-state index contributed by atoms with van der Waals surface area (Å²) in [5.41, 5.74) is 3.18. The number of halogens is 1. The Kier molecular flexibility index (Phi) is 6.93. The Hall–Kier alpha value is -3.39. The number of pyridine rings is 1. The molecule has 0 spiro atoms. The first-order valence-corrected chi connectivity index (χ1v) is 11.1. The highest BCUT2D eigenvalue weighted by Gasteiger charge is 2.29. The Morgan fingerprint density at radius 1 is 1.21 bits per heavy atom. The molecule has 174 valence electrons. The highest BCUT2D eigenvalue weighted by Crippen LogP contribution is 2.36. The summed E-state index contributed by atoms with van der Waals surface area (Å²) in [7, 11) is 4.97. The highest BCUT2D eigenvalue weighted by molar-refractivity contribution is 5.95. The number of carbonyl (C=O) groups is 1. The molecule has 33 heavy (non-hydrogen) atoms. The van der Waals surface area contributed by atoms with E-state index in [9.17, 15) is 9.18 Å². The summed E-state index contributed by atoms with van der Waals surface area (Å²) in [5, 5.41) is 6.48. The number of hydrogen-bond acceptors (Lipinski definition) is 6. The van der Waals surface area contributed by atoms with Crippen LogP contribution in [0.1, 0.15) is 6.42 Å². The SMILES string of the molecule is CNCCOc1ccc(-c2cc(N3CC[C@@H](C(=O)NC)C3)c3cc(F)c(OC)cc3n2)cc1. The lowest BCUT2D eigenvalue weighted by Gasteiger charge is -2.22. The van der Waals surface area contributed by atoms with Crippen LogP contribution in [-0.4, -0.2) is 58.3 Å². The number of rotatable bonds is 8. The maximum Gasteiger partial charge on any atom is 0.224 e. The second-order valence-electron chi connectivity index (χ2n) is 8.05. The second kappa shape index (κ2) is 10.0. The molecule has 1 aliphatic rings. The van der Waals surface area contributed by atoms with Gasteiger partial charge >= 0.3 is 0 Å². The summed E-state index contributed by atoms with van der Waals surface area (Å²) in [6.45, 7) is 2.64. The lowest BCUT2D eigenvalue weighted by atomic mass is 10.1. The topological polar surface area (TPSA) is 75.7 Å². The minimum atomic E-state index is -0.439. The third kappa shape index (κ3) is 4.85. The Bertz CT molecular complexity index is 1140. The first kappa shape index (κ1) is 22.8. The van der Waals surface area contributed by atoms with Crippen molar-refractivity contribution >= 4 is 22.5 Å². The van der Waals surface area contributed by atoms with E-state index in [1.165, 1.54) is 13.2 Å². The van der Waals surface area contributed by atoms with E-state index in [0.717, 1.165) is 35.7 Å². The zero-order chi connectivity index (χ0) is 23.4. The van der Waals surface area contributed by atoms with Gasteiger partial charge in [0.15, 0.2) is 11.6 Å². The van der Waals surface area contributed by atoms with E-state index in [-0.39, 0.29) is 17.6 Å². The van der Waals surface area contributed by atoms with Crippen molar-refractivity contribution in [2.75, 3.05) is 52.3 Å². The number of nitrogens with zero attached hydrogens (tertiary/aromatic N) is 2. The van der Waals surface area contributed by atoms with Crippen LogP contribution in [0.15, 0.2) is 42.5 Å². The van der Waals surface area contributed by atoms with Crippen LogP contribution in [0.2, 0.25) is 0 Å². The Labute approximate surface area is 192 Å². The molecule has 1 atom stereocenters. The van der Waals surface area contributed by atoms with Crippen molar-refractivity contribution in [2.24, 2.45) is 5.92 Å². The van der Waals surface area contributed by atoms with Gasteiger partial charge in [0.1, 0.15) is 12.4 Å². The smallest absolute Gasteiger partial charge is 0.224 e. The molecule has 1 fully saturated rings. The number of aromatic nitrogens is 1. The summed E-state index contributed by atoms with van der Waals surface area (Å²) < 4.78 is 25.5. The Balaban J connectivity index is 1.73. The van der Waals surface area contributed by atoms with Crippen LogP contribution in [0.4, 0.5) is 10.1 Å². The molecular weight excluding hydrogens is 423 g/mol. The van der Waals surface area contributed by atoms with Gasteiger partial charge in [0.25, 0.3) is 0 Å². The molecule has 1 amide bonds. The number of hydrogen-bond donors (Lipinski definition) is 2. The van der Waals surface area contributed by atoms with Crippen molar-refractivity contribution in [2.45, 2.75) is 6.42 Å². The predicted molar refractivity (Wildman–Crippen MR) is 127 cm³/mol. The fourth-order valence-electron chi connectivity index (χ4n) is 4.17. The first-order chi connectivity index (χ1) is 16.0. The Morgan fingerprint density at radius 2 is 2.00 bits per heavy atom. The standard InChI is InChI=1S/C25H29FN4O3/c1-27-9-11-33-18-6-4-16(5-7-18)21-13-23(30-10-8-17(15-30)25(31)28-2)19-12-20(26)24(32-3)14-22(19)29-21/h4-7,12-14,17,27H,8-11,15H2,1-3H3,(H,28,31)/t17-/m1/s1. The summed E-state index contributed by atoms with van der Waals surface area (Å²) in [6, 6.07) is 12.8. The monoisotopic (exact) mass is 452 g/mol. The van der Waals surface area contributed by atoms with Crippen molar-refractivity contribution in [1.82, 2.24) is 15.6 Å². The van der Waals surface area contributed by atoms with Gasteiger partial charge in [0, 0.05) is 49.4 Å². The number of amides is 1. The molecule has 1 saturated heterocycles. The van der Waals surface area contributed by atoms with Crippen LogP contribution < -0.4 is 25.0 Å². The number of carbonyl (C=O) groups excluding carboxylic acids is 1. The molecule has 0 radical (unpaired) electrons. The number of nitrogens with one attached hydrogen (secondary N) is 2. The van der Waals surface area contributed by atoms with Gasteiger partial charge in [-0.25, -0.2) is 9.37 Å². The van der Waals surface area contributed by atoms with Crippen LogP contribution in [-0.2, 0) is 4.79 Å². The maximum absolute atomic E-state index is 14.6. The van der Waals surface area contributed by atoms with Gasteiger partial charge < -0.3 is 25.0 Å². The van der Waals surface area contributed by atoms with Crippen LogP contribution >= 0.6 is 0 Å². The predicted octanol–water partition coefficient (Wildman–Crippen LogP) is 3.22. The molecular formula is C25H29FN4O3. The molecule has 3 aromatic rings. The zero-order valence-corrected chi connectivity index (χ0v) is 19.2. The maximum atomic E-state index is 14.6. The van der Waals surface area contributed by atoms with E-state index in [0.29, 0.717) is 30.6 Å². The van der Waals surface area contributed by atoms with E-state index >= 15 is 0 Å². The average Bonchev–Trinajstić information content (AvgIpc) is 3.33. The van der Waals surface area contributed by atoms with E-state index in [1.54, 1.807) is 13.1 Å². The second-order valence-corrected chi connectivity index (χ2v) is 8.05. The fourth-order valence-corrected chi connectivity index (χ4v) is 4.17. The third-order valence-corrected chi connectivity index (χ3v) is 5.98. The third-order valence-electron chi connectivity index (χ3n) is 5.98. The quantitative estimate of drug-likeness (QED) is 0.511. The van der Waals surface area contributed by atoms with Crippen LogP contribution in [0.5, 0.6) is 11.5 Å². The largest absolute Gasteiger partial charge is 0.494 e. The number of anilines is 1. The number of ether oxygens (including phenoxy) is 2. The summed E-state index contributed by atoms with van der Waals surface area (Å²) >= 11 is 0. The molecule has 2 heterocycles. The molecule has 2 N–H and O–H groups in total. The van der Waals surface area contributed by atoms with Gasteiger partial charge in [0.2, 0.25) is 5.91 Å². The van der Waals surface area contributed by atoms with Crippen molar-refractivity contribution in [1.29, 1.82) is 0 Å². The molecule has 7 nitrogen and oxygen atoms in total. The van der Waals surface area contributed by atoms with E-state index < -0.39 is 5.82 Å². The minimum absolute atomic E-state index is 0.0257. The van der Waals surface area contributed by atoms with Crippen LogP contribution in [0.25, 0.3) is 22.2 Å². The molecule has 8 heteroatoms. The highest BCUT2D eigenvalue weighted by atomic mass is 19.1. The van der Waals surface area contributed by atoms with Crippen molar-refractivity contribution in [3.8, 4) is 22.8 Å². The number of likely N-dealkylation sites (N-methyl/N-ethyl adjacent to an activating group) is 1. The lowest BCUT2D eigenvalue weighted by molar-refractivity contribution is -0.123. The van der Waals surface area contributed by atoms with E-state index in [4.69, 9.17) is 14.5 Å². The van der Waals surface area contributed by atoms with Gasteiger partial charge in [-0.1, -0.05) is 0 Å². The molecule has 0 unspecified atom stereocenters. The lowest BCUT2D eigenvalue weighted by Crippen LogP contribution is -2.30. The Morgan fingerprint density at radius 3 is 2.70 bits per heavy atom. The molecule has 0 bridgehead atoms. The fraction of sp³-hybridized carbons (Fsp3) is 0.360. The van der Waals surface area contributed by atoms with Gasteiger partial charge in [0.05, 0.1) is 24.2 Å². The average molecular weight is 453 g/mol. The van der Waals surface area contributed by atoms with Crippen LogP contribution in [0, 0.1) is 11.7 Å². The zero-order valence-electron chi connectivity index (χ0n) is 19.2. The molecule has 1 aliphatic heterocycles. The van der Waals surface area contributed by atoms with Gasteiger partial charge in [-0.15, -0.1) is 0 Å². The van der Waals surface area contributed by atoms with Gasteiger partial charge in [-0.05, 0) is 49.9 Å². The first-order valence-electron chi connectivity index (χ1n) is 11.1. The number of benzene rings is 2. The molecule has 1 aromatic heterocycles. The molecule has 0 aliphatic carbocycles. The summed E-state index contributed by atoms with van der Waals surface area (Å²) in [5.74, 6) is 0.422. The summed E-state index contributed by atoms with van der Waals surface area (Å²) in [4.78, 5) is 19.1. The normalized spacial score (nSPS) is 15.6. The molecule has 4 rings (SSSR count). The van der Waals surface area contributed by atoms with Crippen molar-refractivity contribution in [3.63, 3.8) is 0 Å². The van der Waals surface area contributed by atoms with Crippen molar-refractivity contribution < 1.29 is 18.7 Å². The summed E-state index contributed by atoms with van der Waals surface area (Å²) in [6.07, 6.45) is 0.746.